The summed E-state index contributed by atoms with van der Waals surface area (Å²) >= 11 is 5.99. The largest absolute Gasteiger partial charge is 0.379 e. The van der Waals surface area contributed by atoms with E-state index >= 15 is 0 Å². The van der Waals surface area contributed by atoms with Gasteiger partial charge in [-0.05, 0) is 48.4 Å². The van der Waals surface area contributed by atoms with Crippen LogP contribution in [0.4, 0.5) is 10.1 Å². The Kier molecular flexibility index (Phi) is 6.65. The molecule has 6 nitrogen and oxygen atoms in total. The van der Waals surface area contributed by atoms with E-state index in [0.717, 1.165) is 19.6 Å². The van der Waals surface area contributed by atoms with Crippen molar-refractivity contribution in [3.8, 4) is 0 Å². The fourth-order valence-corrected chi connectivity index (χ4v) is 3.86. The van der Waals surface area contributed by atoms with E-state index in [-0.39, 0.29) is 28.9 Å². The van der Waals surface area contributed by atoms with Gasteiger partial charge in [-0.1, -0.05) is 23.7 Å². The molecule has 0 atom stereocenters. The average Bonchev–Trinajstić information content (AvgIpc) is 3.01. The maximum Gasteiger partial charge on any atom is 0.278 e. The topological polar surface area (TPSA) is 61.9 Å². The molecule has 0 aliphatic carbocycles. The van der Waals surface area contributed by atoms with Gasteiger partial charge in [-0.25, -0.2) is 4.39 Å². The van der Waals surface area contributed by atoms with Gasteiger partial charge in [0.1, 0.15) is 11.5 Å². The highest BCUT2D eigenvalue weighted by atomic mass is 35.5. The van der Waals surface area contributed by atoms with Crippen LogP contribution in [0.25, 0.3) is 5.57 Å². The van der Waals surface area contributed by atoms with E-state index in [1.807, 2.05) is 0 Å². The highest BCUT2D eigenvalue weighted by Crippen LogP contribution is 2.31. The number of benzene rings is 2. The lowest BCUT2D eigenvalue weighted by Crippen LogP contribution is -2.39. The van der Waals surface area contributed by atoms with Gasteiger partial charge in [0.15, 0.2) is 0 Å². The molecule has 0 bridgehead atoms. The molecule has 0 spiro atoms. The van der Waals surface area contributed by atoms with Gasteiger partial charge in [-0.3, -0.25) is 19.4 Å². The van der Waals surface area contributed by atoms with Crippen molar-refractivity contribution in [3.63, 3.8) is 0 Å². The number of morpholine rings is 1. The molecule has 0 saturated carbocycles. The molecule has 2 aliphatic rings. The Labute approximate surface area is 185 Å². The van der Waals surface area contributed by atoms with E-state index < -0.39 is 0 Å². The molecular weight excluding hydrogens is 421 g/mol. The molecule has 31 heavy (non-hydrogen) atoms. The van der Waals surface area contributed by atoms with Crippen molar-refractivity contribution in [2.75, 3.05) is 44.7 Å². The summed E-state index contributed by atoms with van der Waals surface area (Å²) in [6.07, 6.45) is 0.676. The first-order chi connectivity index (χ1) is 15.0. The van der Waals surface area contributed by atoms with Crippen molar-refractivity contribution in [2.45, 2.75) is 6.42 Å². The Morgan fingerprint density at radius 1 is 0.935 bits per heavy atom. The molecule has 0 aromatic heterocycles. The van der Waals surface area contributed by atoms with Crippen LogP contribution in [0, 0.1) is 5.82 Å². The predicted molar refractivity (Wildman–Crippen MR) is 117 cm³/mol. The van der Waals surface area contributed by atoms with E-state index in [2.05, 4.69) is 10.2 Å². The number of nitrogens with one attached hydrogen (secondary N) is 1. The highest BCUT2D eigenvalue weighted by molar-refractivity contribution is 6.36. The molecule has 2 heterocycles. The second kappa shape index (κ2) is 9.60. The molecule has 2 amide bonds. The van der Waals surface area contributed by atoms with Crippen LogP contribution in [-0.2, 0) is 14.3 Å². The number of ether oxygens (including phenoxy) is 1. The van der Waals surface area contributed by atoms with E-state index in [9.17, 15) is 14.0 Å². The number of imide groups is 1. The molecule has 1 fully saturated rings. The van der Waals surface area contributed by atoms with Crippen molar-refractivity contribution < 1.29 is 18.7 Å². The molecule has 0 unspecified atom stereocenters. The number of carbonyl (C=O) groups is 2. The van der Waals surface area contributed by atoms with Crippen LogP contribution in [-0.4, -0.2) is 61.0 Å². The molecule has 2 aliphatic heterocycles. The van der Waals surface area contributed by atoms with Crippen LogP contribution < -0.4 is 5.32 Å². The van der Waals surface area contributed by atoms with E-state index in [1.54, 1.807) is 24.3 Å². The zero-order valence-corrected chi connectivity index (χ0v) is 17.7. The number of nitrogens with zero attached hydrogens (tertiary/aromatic N) is 2. The summed E-state index contributed by atoms with van der Waals surface area (Å²) in [6, 6.07) is 12.4. The summed E-state index contributed by atoms with van der Waals surface area (Å²) in [7, 11) is 0. The van der Waals surface area contributed by atoms with E-state index in [1.165, 1.54) is 29.2 Å². The molecule has 1 N–H and O–H groups in total. The molecule has 162 valence electrons. The second-order valence-electron chi connectivity index (χ2n) is 7.46. The van der Waals surface area contributed by atoms with Gasteiger partial charge in [0.05, 0.1) is 18.8 Å². The third-order valence-corrected chi connectivity index (χ3v) is 5.63. The lowest BCUT2D eigenvalue weighted by molar-refractivity contribution is -0.136. The average molecular weight is 444 g/mol. The Bertz CT molecular complexity index is 986. The summed E-state index contributed by atoms with van der Waals surface area (Å²) in [5, 5.41) is 3.56. The molecular formula is C23H23ClFN3O3. The molecule has 2 aromatic carbocycles. The number of carbonyl (C=O) groups excluding carboxylic acids is 2. The minimum absolute atomic E-state index is 0.185. The van der Waals surface area contributed by atoms with Crippen molar-refractivity contribution in [1.82, 2.24) is 9.80 Å². The number of amides is 2. The van der Waals surface area contributed by atoms with Crippen LogP contribution in [0.3, 0.4) is 0 Å². The summed E-state index contributed by atoms with van der Waals surface area (Å²) < 4.78 is 18.6. The third kappa shape index (κ3) is 4.95. The first kappa shape index (κ1) is 21.5. The van der Waals surface area contributed by atoms with Crippen molar-refractivity contribution in [3.05, 3.63) is 70.6 Å². The van der Waals surface area contributed by atoms with Crippen LogP contribution in [0.2, 0.25) is 5.02 Å². The number of rotatable bonds is 7. The van der Waals surface area contributed by atoms with Gasteiger partial charge in [0, 0.05) is 36.9 Å². The number of hydrogen-bond acceptors (Lipinski definition) is 5. The highest BCUT2D eigenvalue weighted by Gasteiger charge is 2.38. The van der Waals surface area contributed by atoms with Crippen LogP contribution in [0.15, 0.2) is 54.2 Å². The monoisotopic (exact) mass is 443 g/mol. The number of anilines is 1. The Hall–Kier alpha value is -2.74. The summed E-state index contributed by atoms with van der Waals surface area (Å²) in [5.41, 5.74) is 1.60. The normalized spacial score (nSPS) is 17.5. The predicted octanol–water partition coefficient (Wildman–Crippen LogP) is 3.39. The standard InChI is InChI=1S/C23H23ClFN3O3/c24-17-4-2-16(3-5-17)20-21(26-19-8-6-18(25)7-9-19)23(30)28(22(20)29)11-1-10-27-12-14-31-15-13-27/h2-9,26H,1,10-15H2. The SMILES string of the molecule is O=C1C(Nc2ccc(F)cc2)=C(c2ccc(Cl)cc2)C(=O)N1CCCN1CCOCC1. The maximum absolute atomic E-state index is 13.3. The first-order valence-electron chi connectivity index (χ1n) is 10.2. The summed E-state index contributed by atoms with van der Waals surface area (Å²) in [5.74, 6) is -1.11. The lowest BCUT2D eigenvalue weighted by atomic mass is 10.0. The fraction of sp³-hybridized carbons (Fsp3) is 0.304. The van der Waals surface area contributed by atoms with Gasteiger partial charge in [-0.15, -0.1) is 0 Å². The smallest absolute Gasteiger partial charge is 0.278 e. The fourth-order valence-electron chi connectivity index (χ4n) is 3.73. The molecule has 0 radical (unpaired) electrons. The third-order valence-electron chi connectivity index (χ3n) is 5.37. The summed E-state index contributed by atoms with van der Waals surface area (Å²) in [4.78, 5) is 29.9. The molecule has 2 aromatic rings. The van der Waals surface area contributed by atoms with Crippen LogP contribution in [0.1, 0.15) is 12.0 Å². The van der Waals surface area contributed by atoms with Gasteiger partial charge in [-0.2, -0.15) is 0 Å². The van der Waals surface area contributed by atoms with Crippen LogP contribution >= 0.6 is 11.6 Å². The second-order valence-corrected chi connectivity index (χ2v) is 7.89. The quantitative estimate of drug-likeness (QED) is 0.665. The van der Waals surface area contributed by atoms with Gasteiger partial charge >= 0.3 is 0 Å². The molecule has 4 rings (SSSR count). The maximum atomic E-state index is 13.3. The van der Waals surface area contributed by atoms with Crippen molar-refractivity contribution in [2.24, 2.45) is 0 Å². The number of hydrogen-bond donors (Lipinski definition) is 1. The Morgan fingerprint density at radius 2 is 1.61 bits per heavy atom. The number of halogens is 2. The van der Waals surface area contributed by atoms with Gasteiger partial charge in [0.25, 0.3) is 11.8 Å². The molecule has 1 saturated heterocycles. The summed E-state index contributed by atoms with van der Waals surface area (Å²) in [6.45, 7) is 4.23. The van der Waals surface area contributed by atoms with Gasteiger partial charge < -0.3 is 10.1 Å². The Morgan fingerprint density at radius 3 is 2.29 bits per heavy atom. The minimum Gasteiger partial charge on any atom is -0.379 e. The molecule has 8 heteroatoms. The van der Waals surface area contributed by atoms with Crippen molar-refractivity contribution in [1.29, 1.82) is 0 Å². The van der Waals surface area contributed by atoms with E-state index in [4.69, 9.17) is 16.3 Å². The van der Waals surface area contributed by atoms with E-state index in [0.29, 0.717) is 42.5 Å². The van der Waals surface area contributed by atoms with Gasteiger partial charge in [0.2, 0.25) is 0 Å². The first-order valence-corrected chi connectivity index (χ1v) is 10.6. The minimum atomic E-state index is -0.388. The zero-order valence-electron chi connectivity index (χ0n) is 16.9. The Balaban J connectivity index is 1.55. The lowest BCUT2D eigenvalue weighted by Gasteiger charge is -2.27. The van der Waals surface area contributed by atoms with Crippen LogP contribution in [0.5, 0.6) is 0 Å². The zero-order chi connectivity index (χ0) is 21.8. The van der Waals surface area contributed by atoms with Crippen molar-refractivity contribution >= 4 is 34.7 Å².